The topological polar surface area (TPSA) is 78.5 Å². The van der Waals surface area contributed by atoms with E-state index in [2.05, 4.69) is 5.10 Å². The lowest BCUT2D eigenvalue weighted by molar-refractivity contribution is -0.137. The molecule has 24 heavy (non-hydrogen) atoms. The quantitative estimate of drug-likeness (QED) is 0.686. The predicted octanol–water partition coefficient (Wildman–Crippen LogP) is 3.13. The number of fused-ring (bicyclic) bond motifs is 1. The highest BCUT2D eigenvalue weighted by Gasteiger charge is 2.31. The van der Waals surface area contributed by atoms with Gasteiger partial charge in [-0.25, -0.2) is 0 Å². The van der Waals surface area contributed by atoms with Crippen molar-refractivity contribution >= 4 is 10.9 Å². The van der Waals surface area contributed by atoms with Crippen LogP contribution in [0, 0.1) is 0 Å². The number of aliphatic hydroxyl groups is 1. The van der Waals surface area contributed by atoms with Gasteiger partial charge in [0.2, 0.25) is 0 Å². The number of halogens is 3. The lowest BCUT2D eigenvalue weighted by Gasteiger charge is -2.07. The van der Waals surface area contributed by atoms with Gasteiger partial charge in [-0.2, -0.15) is 18.3 Å². The lowest BCUT2D eigenvalue weighted by atomic mass is 10.0. The first kappa shape index (κ1) is 16.1. The molecule has 0 saturated heterocycles. The Morgan fingerprint density at radius 3 is 2.42 bits per heavy atom. The second-order valence-corrected chi connectivity index (χ2v) is 5.23. The van der Waals surface area contributed by atoms with E-state index in [0.29, 0.717) is 5.39 Å². The van der Waals surface area contributed by atoms with Gasteiger partial charge >= 0.3 is 6.18 Å². The van der Waals surface area contributed by atoms with Crippen molar-refractivity contribution in [3.8, 4) is 22.8 Å². The average molecular weight is 338 g/mol. The molecule has 0 aliphatic heterocycles. The van der Waals surface area contributed by atoms with Crippen LogP contribution in [-0.4, -0.2) is 31.7 Å². The number of nitrogens with zero attached hydrogens (tertiary/aromatic N) is 2. The Morgan fingerprint density at radius 1 is 1.04 bits per heavy atom. The summed E-state index contributed by atoms with van der Waals surface area (Å²) in [6.07, 6.45) is -4.50. The third-order valence-electron chi connectivity index (χ3n) is 3.63. The molecule has 3 N–H and O–H groups in total. The van der Waals surface area contributed by atoms with E-state index in [1.165, 1.54) is 22.9 Å². The van der Waals surface area contributed by atoms with Crippen LogP contribution in [0.2, 0.25) is 0 Å². The molecule has 126 valence electrons. The molecule has 8 heteroatoms. The molecule has 0 aliphatic carbocycles. The Kier molecular flexibility index (Phi) is 3.84. The van der Waals surface area contributed by atoms with Crippen LogP contribution in [0.25, 0.3) is 22.2 Å². The van der Waals surface area contributed by atoms with Gasteiger partial charge < -0.3 is 15.3 Å². The highest BCUT2D eigenvalue weighted by Crippen LogP contribution is 2.38. The molecule has 0 spiro atoms. The molecule has 0 bridgehead atoms. The van der Waals surface area contributed by atoms with Crippen LogP contribution in [0.5, 0.6) is 11.5 Å². The van der Waals surface area contributed by atoms with E-state index in [4.69, 9.17) is 5.11 Å². The number of aliphatic hydroxyl groups excluding tert-OH is 1. The molecular weight excluding hydrogens is 325 g/mol. The third-order valence-corrected chi connectivity index (χ3v) is 3.63. The van der Waals surface area contributed by atoms with Gasteiger partial charge in [0.05, 0.1) is 24.2 Å². The van der Waals surface area contributed by atoms with Crippen LogP contribution in [-0.2, 0) is 12.7 Å². The first-order chi connectivity index (χ1) is 11.3. The molecule has 2 aromatic carbocycles. The van der Waals surface area contributed by atoms with Crippen LogP contribution in [0.1, 0.15) is 5.56 Å². The number of aromatic nitrogens is 2. The van der Waals surface area contributed by atoms with E-state index in [0.717, 1.165) is 18.2 Å². The Labute approximate surface area is 134 Å². The number of benzene rings is 2. The average Bonchev–Trinajstić information content (AvgIpc) is 2.85. The molecule has 1 heterocycles. The van der Waals surface area contributed by atoms with Crippen molar-refractivity contribution < 1.29 is 28.5 Å². The van der Waals surface area contributed by atoms with Crippen molar-refractivity contribution in [2.24, 2.45) is 0 Å². The highest BCUT2D eigenvalue weighted by atomic mass is 19.4. The lowest BCUT2D eigenvalue weighted by Crippen LogP contribution is -2.07. The van der Waals surface area contributed by atoms with Crippen molar-refractivity contribution in [3.63, 3.8) is 0 Å². The number of aromatic hydroxyl groups is 2. The summed E-state index contributed by atoms with van der Waals surface area (Å²) in [4.78, 5) is 0. The monoisotopic (exact) mass is 338 g/mol. The number of alkyl halides is 3. The van der Waals surface area contributed by atoms with Gasteiger partial charge in [0, 0.05) is 17.0 Å². The molecule has 5 nitrogen and oxygen atoms in total. The Balaban J connectivity index is 2.26. The minimum absolute atomic E-state index is 0.0106. The zero-order valence-corrected chi connectivity index (χ0v) is 12.2. The fourth-order valence-corrected chi connectivity index (χ4v) is 2.53. The van der Waals surface area contributed by atoms with Gasteiger partial charge in [-0.15, -0.1) is 0 Å². The summed E-state index contributed by atoms with van der Waals surface area (Å²) in [6, 6.07) is 7.06. The van der Waals surface area contributed by atoms with Crippen molar-refractivity contribution in [1.29, 1.82) is 0 Å². The normalized spacial score (nSPS) is 12.0. The summed E-state index contributed by atoms with van der Waals surface area (Å²) >= 11 is 0. The smallest absolute Gasteiger partial charge is 0.416 e. The van der Waals surface area contributed by atoms with Gasteiger partial charge in [-0.3, -0.25) is 4.68 Å². The summed E-state index contributed by atoms with van der Waals surface area (Å²) in [5.41, 5.74) is -0.0872. The van der Waals surface area contributed by atoms with Gasteiger partial charge in [-0.05, 0) is 30.3 Å². The summed E-state index contributed by atoms with van der Waals surface area (Å²) in [7, 11) is 0. The molecule has 0 aliphatic rings. The van der Waals surface area contributed by atoms with Gasteiger partial charge in [0.1, 0.15) is 17.2 Å². The van der Waals surface area contributed by atoms with Gasteiger partial charge in [0.25, 0.3) is 0 Å². The van der Waals surface area contributed by atoms with Crippen molar-refractivity contribution in [2.45, 2.75) is 12.7 Å². The minimum Gasteiger partial charge on any atom is -0.508 e. The molecule has 1 aromatic heterocycles. The van der Waals surface area contributed by atoms with E-state index in [9.17, 15) is 23.4 Å². The van der Waals surface area contributed by atoms with Gasteiger partial charge in [-0.1, -0.05) is 0 Å². The van der Waals surface area contributed by atoms with Crippen LogP contribution in [0.4, 0.5) is 13.2 Å². The first-order valence-electron chi connectivity index (χ1n) is 7.02. The largest absolute Gasteiger partial charge is 0.508 e. The van der Waals surface area contributed by atoms with E-state index < -0.39 is 11.7 Å². The van der Waals surface area contributed by atoms with Crippen molar-refractivity contribution in [3.05, 3.63) is 42.0 Å². The maximum absolute atomic E-state index is 12.9. The Morgan fingerprint density at radius 2 is 1.79 bits per heavy atom. The SMILES string of the molecule is OCCn1nc(-c2ccc(O)cc2O)c2ccc(C(F)(F)F)cc21. The standard InChI is InChI=1S/C16H13F3N2O3/c17-16(18,19)9-1-3-11-13(7-9)21(5-6-22)20-15(11)12-4-2-10(23)8-14(12)24/h1-4,7-8,22-24H,5-6H2. The molecule has 0 amide bonds. The van der Waals surface area contributed by atoms with Crippen LogP contribution in [0.3, 0.4) is 0 Å². The Bertz CT molecular complexity index is 903. The fraction of sp³-hybridized carbons (Fsp3) is 0.188. The number of hydrogen-bond acceptors (Lipinski definition) is 4. The van der Waals surface area contributed by atoms with Crippen LogP contribution >= 0.6 is 0 Å². The predicted molar refractivity (Wildman–Crippen MR) is 80.6 cm³/mol. The van der Waals surface area contributed by atoms with Crippen molar-refractivity contribution in [2.75, 3.05) is 6.61 Å². The molecular formula is C16H13F3N2O3. The summed E-state index contributed by atoms with van der Waals surface area (Å²) in [5, 5.41) is 33.1. The second kappa shape index (κ2) is 5.72. The van der Waals surface area contributed by atoms with Crippen LogP contribution in [0.15, 0.2) is 36.4 Å². The Hall–Kier alpha value is -2.74. The second-order valence-electron chi connectivity index (χ2n) is 5.23. The van der Waals surface area contributed by atoms with E-state index >= 15 is 0 Å². The van der Waals surface area contributed by atoms with Gasteiger partial charge in [0.15, 0.2) is 0 Å². The fourth-order valence-electron chi connectivity index (χ4n) is 2.53. The molecule has 0 saturated carbocycles. The minimum atomic E-state index is -4.50. The summed E-state index contributed by atoms with van der Waals surface area (Å²) < 4.78 is 40.0. The van der Waals surface area contributed by atoms with E-state index in [-0.39, 0.29) is 41.4 Å². The van der Waals surface area contributed by atoms with Crippen LogP contribution < -0.4 is 0 Å². The van der Waals surface area contributed by atoms with E-state index in [1.807, 2.05) is 0 Å². The molecule has 0 unspecified atom stereocenters. The zero-order valence-electron chi connectivity index (χ0n) is 12.2. The maximum atomic E-state index is 12.9. The van der Waals surface area contributed by atoms with Crippen molar-refractivity contribution in [1.82, 2.24) is 9.78 Å². The number of phenolic OH excluding ortho intramolecular Hbond substituents is 2. The molecule has 3 rings (SSSR count). The maximum Gasteiger partial charge on any atom is 0.416 e. The summed E-state index contributed by atoms with van der Waals surface area (Å²) in [6.45, 7) is -0.287. The molecule has 3 aromatic rings. The third kappa shape index (κ3) is 2.76. The highest BCUT2D eigenvalue weighted by molar-refractivity contribution is 5.95. The van der Waals surface area contributed by atoms with E-state index in [1.54, 1.807) is 0 Å². The first-order valence-corrected chi connectivity index (χ1v) is 7.02. The number of hydrogen-bond donors (Lipinski definition) is 3. The molecule has 0 radical (unpaired) electrons. The molecule has 0 atom stereocenters. The molecule has 0 fully saturated rings. The summed E-state index contributed by atoms with van der Waals surface area (Å²) in [5.74, 6) is -0.389. The number of phenols is 2. The number of rotatable bonds is 3. The zero-order chi connectivity index (χ0) is 17.5.